The zero-order valence-corrected chi connectivity index (χ0v) is 14.3. The molecular weight excluding hydrogens is 318 g/mol. The lowest BCUT2D eigenvalue weighted by atomic mass is 9.96. The predicted molar refractivity (Wildman–Crippen MR) is 90.3 cm³/mol. The van der Waals surface area contributed by atoms with E-state index in [-0.39, 0.29) is 28.6 Å². The molecule has 2 rings (SSSR count). The molecule has 1 atom stereocenters. The fraction of sp³-hybridized carbons (Fsp3) is 0.312. The third kappa shape index (κ3) is 3.99. The van der Waals surface area contributed by atoms with E-state index in [0.29, 0.717) is 5.16 Å². The van der Waals surface area contributed by atoms with Crippen molar-refractivity contribution in [3.8, 4) is 0 Å². The summed E-state index contributed by atoms with van der Waals surface area (Å²) in [5, 5.41) is 3.80. The molecule has 1 aromatic heterocycles. The number of hydrogen-bond donors (Lipinski definition) is 1. The molecule has 4 nitrogen and oxygen atoms in total. The normalized spacial score (nSPS) is 12.2. The van der Waals surface area contributed by atoms with Crippen molar-refractivity contribution in [1.29, 1.82) is 0 Å². The van der Waals surface area contributed by atoms with Crippen molar-refractivity contribution in [3.63, 3.8) is 0 Å². The van der Waals surface area contributed by atoms with E-state index in [9.17, 15) is 4.79 Å². The highest BCUT2D eigenvalue weighted by molar-refractivity contribution is 7.98. The second kappa shape index (κ2) is 7.61. The maximum absolute atomic E-state index is 12.5. The summed E-state index contributed by atoms with van der Waals surface area (Å²) in [6.07, 6.45) is 3.31. The zero-order chi connectivity index (χ0) is 16.1. The number of benzene rings is 1. The van der Waals surface area contributed by atoms with Crippen LogP contribution in [0.1, 0.15) is 35.9 Å². The molecule has 116 valence electrons. The molecule has 2 aromatic rings. The number of carbonyl (C=O) groups excluding carboxylic acids is 1. The van der Waals surface area contributed by atoms with Gasteiger partial charge in [-0.05, 0) is 17.7 Å². The Kier molecular flexibility index (Phi) is 5.80. The lowest BCUT2D eigenvalue weighted by Crippen LogP contribution is -2.32. The van der Waals surface area contributed by atoms with Gasteiger partial charge in [-0.15, -0.1) is 0 Å². The first-order valence-electron chi connectivity index (χ1n) is 6.95. The quantitative estimate of drug-likeness (QED) is 0.663. The molecule has 0 spiro atoms. The minimum atomic E-state index is -0.287. The average Bonchev–Trinajstić information content (AvgIpc) is 2.53. The second-order valence-electron chi connectivity index (χ2n) is 5.16. The average molecular weight is 336 g/mol. The Hall–Kier alpha value is -1.59. The van der Waals surface area contributed by atoms with Crippen molar-refractivity contribution >= 4 is 29.3 Å². The number of carbonyl (C=O) groups is 1. The first-order valence-corrected chi connectivity index (χ1v) is 8.55. The Bertz CT molecular complexity index is 649. The Morgan fingerprint density at radius 2 is 1.95 bits per heavy atom. The highest BCUT2D eigenvalue weighted by atomic mass is 35.5. The lowest BCUT2D eigenvalue weighted by molar-refractivity contribution is 0.0919. The van der Waals surface area contributed by atoms with Gasteiger partial charge < -0.3 is 5.32 Å². The first kappa shape index (κ1) is 16.8. The van der Waals surface area contributed by atoms with Gasteiger partial charge in [0.1, 0.15) is 0 Å². The van der Waals surface area contributed by atoms with Crippen LogP contribution in [0.5, 0.6) is 0 Å². The summed E-state index contributed by atoms with van der Waals surface area (Å²) < 4.78 is 0. The number of rotatable bonds is 5. The minimum absolute atomic E-state index is 0.0996. The molecule has 0 radical (unpaired) electrons. The molecule has 6 heteroatoms. The van der Waals surface area contributed by atoms with Crippen LogP contribution in [0, 0.1) is 5.92 Å². The van der Waals surface area contributed by atoms with Gasteiger partial charge in [-0.2, -0.15) is 0 Å². The van der Waals surface area contributed by atoms with Crippen molar-refractivity contribution in [1.82, 2.24) is 15.3 Å². The van der Waals surface area contributed by atoms with Crippen LogP contribution in [0.4, 0.5) is 0 Å². The fourth-order valence-corrected chi connectivity index (χ4v) is 2.63. The van der Waals surface area contributed by atoms with E-state index in [4.69, 9.17) is 11.6 Å². The molecule has 0 aliphatic carbocycles. The van der Waals surface area contributed by atoms with E-state index in [1.54, 1.807) is 0 Å². The second-order valence-corrected chi connectivity index (χ2v) is 6.34. The van der Waals surface area contributed by atoms with Crippen molar-refractivity contribution in [3.05, 3.63) is 52.8 Å². The first-order chi connectivity index (χ1) is 10.5. The van der Waals surface area contributed by atoms with Gasteiger partial charge in [0, 0.05) is 0 Å². The Morgan fingerprint density at radius 3 is 2.55 bits per heavy atom. The van der Waals surface area contributed by atoms with Gasteiger partial charge in [-0.1, -0.05) is 67.5 Å². The van der Waals surface area contributed by atoms with E-state index in [1.807, 2.05) is 36.6 Å². The predicted octanol–water partition coefficient (Wildman–Crippen LogP) is 3.98. The molecule has 0 aliphatic heterocycles. The number of hydrogen-bond acceptors (Lipinski definition) is 4. The molecule has 0 bridgehead atoms. The van der Waals surface area contributed by atoms with Gasteiger partial charge in [-0.3, -0.25) is 4.79 Å². The van der Waals surface area contributed by atoms with Crippen molar-refractivity contribution in [2.45, 2.75) is 25.0 Å². The molecule has 0 fully saturated rings. The summed E-state index contributed by atoms with van der Waals surface area (Å²) in [6.45, 7) is 4.12. The Morgan fingerprint density at radius 1 is 1.27 bits per heavy atom. The topological polar surface area (TPSA) is 54.9 Å². The number of aromatic nitrogens is 2. The molecule has 1 aromatic carbocycles. The maximum Gasteiger partial charge on any atom is 0.272 e. The monoisotopic (exact) mass is 335 g/mol. The largest absolute Gasteiger partial charge is 0.344 e. The molecule has 1 unspecified atom stereocenters. The van der Waals surface area contributed by atoms with Gasteiger partial charge >= 0.3 is 0 Å². The lowest BCUT2D eigenvalue weighted by Gasteiger charge is -2.23. The molecule has 0 saturated carbocycles. The fourth-order valence-electron chi connectivity index (χ4n) is 2.11. The minimum Gasteiger partial charge on any atom is -0.344 e. The number of nitrogens with one attached hydrogen (secondary N) is 1. The van der Waals surface area contributed by atoms with Crippen molar-refractivity contribution < 1.29 is 4.79 Å². The van der Waals surface area contributed by atoms with Gasteiger partial charge in [0.25, 0.3) is 5.91 Å². The molecule has 0 aliphatic rings. The van der Waals surface area contributed by atoms with Gasteiger partial charge in [0.05, 0.1) is 17.3 Å². The molecule has 22 heavy (non-hydrogen) atoms. The smallest absolute Gasteiger partial charge is 0.272 e. The summed E-state index contributed by atoms with van der Waals surface area (Å²) in [5.74, 6) is -0.0442. The van der Waals surface area contributed by atoms with Crippen LogP contribution in [0.25, 0.3) is 0 Å². The third-order valence-corrected chi connectivity index (χ3v) is 4.07. The van der Waals surface area contributed by atoms with E-state index >= 15 is 0 Å². The Balaban J connectivity index is 2.26. The summed E-state index contributed by atoms with van der Waals surface area (Å²) in [5.41, 5.74) is 1.27. The summed E-state index contributed by atoms with van der Waals surface area (Å²) >= 11 is 7.43. The highest BCUT2D eigenvalue weighted by Gasteiger charge is 2.21. The van der Waals surface area contributed by atoms with Crippen molar-refractivity contribution in [2.24, 2.45) is 5.92 Å². The van der Waals surface area contributed by atoms with Gasteiger partial charge in [-0.25, -0.2) is 9.97 Å². The van der Waals surface area contributed by atoms with E-state index in [1.165, 1.54) is 18.0 Å². The van der Waals surface area contributed by atoms with Gasteiger partial charge in [0.15, 0.2) is 10.9 Å². The summed E-state index contributed by atoms with van der Waals surface area (Å²) in [7, 11) is 0. The Labute approximate surface area is 139 Å². The van der Waals surface area contributed by atoms with Crippen LogP contribution in [-0.4, -0.2) is 22.1 Å². The number of halogens is 1. The van der Waals surface area contributed by atoms with Crippen LogP contribution in [-0.2, 0) is 0 Å². The van der Waals surface area contributed by atoms with Crippen LogP contribution in [0.2, 0.25) is 5.02 Å². The van der Waals surface area contributed by atoms with Crippen LogP contribution >= 0.6 is 23.4 Å². The van der Waals surface area contributed by atoms with Crippen molar-refractivity contribution in [2.75, 3.05) is 6.26 Å². The van der Waals surface area contributed by atoms with E-state index in [2.05, 4.69) is 29.1 Å². The molecule has 1 amide bonds. The molecule has 0 saturated heterocycles. The third-order valence-electron chi connectivity index (χ3n) is 3.23. The van der Waals surface area contributed by atoms with Crippen LogP contribution < -0.4 is 5.32 Å². The van der Waals surface area contributed by atoms with Crippen LogP contribution in [0.3, 0.4) is 0 Å². The van der Waals surface area contributed by atoms with E-state index in [0.717, 1.165) is 5.56 Å². The highest BCUT2D eigenvalue weighted by Crippen LogP contribution is 2.23. The zero-order valence-electron chi connectivity index (χ0n) is 12.7. The number of nitrogens with zero attached hydrogens (tertiary/aromatic N) is 2. The van der Waals surface area contributed by atoms with Crippen LogP contribution in [0.15, 0.2) is 41.7 Å². The summed E-state index contributed by atoms with van der Waals surface area (Å²) in [4.78, 5) is 20.8. The molecule has 1 heterocycles. The number of thioether (sulfide) groups is 1. The summed E-state index contributed by atoms with van der Waals surface area (Å²) in [6, 6.07) is 9.77. The number of amides is 1. The standard InChI is InChI=1S/C16H18ClN3OS/c1-10(2)13(11-7-5-4-6-8-11)19-15(21)14-12(17)9-18-16(20-14)22-3/h4-10,13H,1-3H3,(H,19,21). The SMILES string of the molecule is CSc1ncc(Cl)c(C(=O)NC(c2ccccc2)C(C)C)n1. The molecular formula is C16H18ClN3OS. The van der Waals surface area contributed by atoms with E-state index < -0.39 is 0 Å². The molecule has 1 N–H and O–H groups in total. The van der Waals surface area contributed by atoms with Gasteiger partial charge in [0.2, 0.25) is 0 Å². The maximum atomic E-state index is 12.5.